The van der Waals surface area contributed by atoms with Crippen molar-refractivity contribution >= 4 is 5.97 Å². The third-order valence-corrected chi connectivity index (χ3v) is 3.06. The highest BCUT2D eigenvalue weighted by Crippen LogP contribution is 2.17. The van der Waals surface area contributed by atoms with Crippen molar-refractivity contribution in [2.45, 2.75) is 12.6 Å². The average molecular weight is 256 g/mol. The first-order chi connectivity index (χ1) is 8.59. The Kier molecular flexibility index (Phi) is 3.88. The Labute approximate surface area is 103 Å². The molecule has 98 valence electrons. The first kappa shape index (κ1) is 12.9. The van der Waals surface area contributed by atoms with E-state index in [0.717, 1.165) is 0 Å². The van der Waals surface area contributed by atoms with Crippen LogP contribution < -0.4 is 5.32 Å². The van der Waals surface area contributed by atoms with Crippen molar-refractivity contribution in [1.82, 2.24) is 10.2 Å². The van der Waals surface area contributed by atoms with E-state index in [1.807, 2.05) is 0 Å². The zero-order chi connectivity index (χ0) is 13.1. The highest BCUT2D eigenvalue weighted by Gasteiger charge is 2.29. The summed E-state index contributed by atoms with van der Waals surface area (Å²) in [5.41, 5.74) is -0.0781. The van der Waals surface area contributed by atoms with E-state index in [9.17, 15) is 13.6 Å². The monoisotopic (exact) mass is 256 g/mol. The fourth-order valence-electron chi connectivity index (χ4n) is 2.07. The summed E-state index contributed by atoms with van der Waals surface area (Å²) in [6.45, 7) is 1.31. The Bertz CT molecular complexity index is 433. The molecule has 0 bridgehead atoms. The van der Waals surface area contributed by atoms with Crippen LogP contribution in [0.2, 0.25) is 0 Å². The number of halogens is 2. The van der Waals surface area contributed by atoms with Crippen molar-refractivity contribution in [2.75, 3.05) is 19.6 Å². The molecule has 6 heteroatoms. The summed E-state index contributed by atoms with van der Waals surface area (Å²) >= 11 is 0. The number of carbonyl (C=O) groups is 1. The molecular weight excluding hydrogens is 242 g/mol. The molecule has 4 nitrogen and oxygen atoms in total. The number of hydrogen-bond acceptors (Lipinski definition) is 3. The van der Waals surface area contributed by atoms with E-state index in [1.54, 1.807) is 4.90 Å². The molecule has 2 N–H and O–H groups in total. The van der Waals surface area contributed by atoms with Crippen LogP contribution in [-0.4, -0.2) is 41.7 Å². The van der Waals surface area contributed by atoms with Gasteiger partial charge in [0.15, 0.2) is 0 Å². The zero-order valence-corrected chi connectivity index (χ0v) is 9.70. The summed E-state index contributed by atoms with van der Waals surface area (Å²) in [5, 5.41) is 12.0. The second-order valence-electron chi connectivity index (χ2n) is 4.23. The van der Waals surface area contributed by atoms with Gasteiger partial charge in [-0.2, -0.15) is 0 Å². The average Bonchev–Trinajstić information content (AvgIpc) is 2.34. The van der Waals surface area contributed by atoms with E-state index in [0.29, 0.717) is 13.1 Å². The molecular formula is C12H14F2N2O2. The summed E-state index contributed by atoms with van der Waals surface area (Å²) in [6, 6.07) is 2.89. The lowest BCUT2D eigenvalue weighted by atomic mass is 10.1. The summed E-state index contributed by atoms with van der Waals surface area (Å²) in [4.78, 5) is 12.6. The standard InChI is InChI=1S/C12H14F2N2O2/c13-9-2-1-3-10(14)8(9)7-16-5-4-15-6-11(16)12(17)18/h1-3,11,15H,4-7H2,(H,17,18). The van der Waals surface area contributed by atoms with Gasteiger partial charge >= 0.3 is 5.97 Å². The van der Waals surface area contributed by atoms with Gasteiger partial charge in [-0.25, -0.2) is 8.78 Å². The molecule has 1 fully saturated rings. The van der Waals surface area contributed by atoms with E-state index in [1.165, 1.54) is 18.2 Å². The molecule has 1 atom stereocenters. The molecule has 0 spiro atoms. The number of aliphatic carboxylic acids is 1. The number of hydrogen-bond donors (Lipinski definition) is 2. The van der Waals surface area contributed by atoms with Crippen LogP contribution in [0, 0.1) is 11.6 Å². The van der Waals surface area contributed by atoms with Crippen molar-refractivity contribution in [3.05, 3.63) is 35.4 Å². The highest BCUT2D eigenvalue weighted by atomic mass is 19.1. The molecule has 1 aromatic rings. The normalized spacial score (nSPS) is 20.9. The highest BCUT2D eigenvalue weighted by molar-refractivity contribution is 5.74. The predicted octanol–water partition coefficient (Wildman–Crippen LogP) is 0.823. The van der Waals surface area contributed by atoms with Crippen molar-refractivity contribution < 1.29 is 18.7 Å². The zero-order valence-electron chi connectivity index (χ0n) is 9.70. The van der Waals surface area contributed by atoms with Crippen LogP contribution in [0.15, 0.2) is 18.2 Å². The number of benzene rings is 1. The minimum absolute atomic E-state index is 0.0306. The summed E-state index contributed by atoms with van der Waals surface area (Å²) in [5.74, 6) is -2.27. The number of piperazine rings is 1. The molecule has 1 saturated heterocycles. The lowest BCUT2D eigenvalue weighted by Gasteiger charge is -2.33. The summed E-state index contributed by atoms with van der Waals surface area (Å²) < 4.78 is 27.0. The van der Waals surface area contributed by atoms with E-state index >= 15 is 0 Å². The molecule has 0 amide bonds. The Morgan fingerprint density at radius 2 is 2.11 bits per heavy atom. The summed E-state index contributed by atoms with van der Waals surface area (Å²) in [7, 11) is 0. The molecule has 0 radical (unpaired) electrons. The fraction of sp³-hybridized carbons (Fsp3) is 0.417. The first-order valence-electron chi connectivity index (χ1n) is 5.70. The topological polar surface area (TPSA) is 52.6 Å². The molecule has 1 unspecified atom stereocenters. The lowest BCUT2D eigenvalue weighted by Crippen LogP contribution is -2.54. The van der Waals surface area contributed by atoms with E-state index in [-0.39, 0.29) is 18.7 Å². The Morgan fingerprint density at radius 3 is 2.72 bits per heavy atom. The minimum atomic E-state index is -0.987. The van der Waals surface area contributed by atoms with Gasteiger partial charge in [-0.3, -0.25) is 9.69 Å². The molecule has 1 heterocycles. The molecule has 1 aromatic carbocycles. The van der Waals surface area contributed by atoms with Gasteiger partial charge in [0.2, 0.25) is 0 Å². The second-order valence-corrected chi connectivity index (χ2v) is 4.23. The van der Waals surface area contributed by atoms with Crippen LogP contribution in [-0.2, 0) is 11.3 Å². The van der Waals surface area contributed by atoms with Gasteiger partial charge in [-0.05, 0) is 12.1 Å². The van der Waals surface area contributed by atoms with Crippen molar-refractivity contribution in [2.24, 2.45) is 0 Å². The van der Waals surface area contributed by atoms with Crippen LogP contribution in [0.4, 0.5) is 8.78 Å². The van der Waals surface area contributed by atoms with Crippen LogP contribution in [0.5, 0.6) is 0 Å². The Balaban J connectivity index is 2.18. The number of rotatable bonds is 3. The quantitative estimate of drug-likeness (QED) is 0.841. The van der Waals surface area contributed by atoms with E-state index in [4.69, 9.17) is 5.11 Å². The van der Waals surface area contributed by atoms with Gasteiger partial charge in [-0.1, -0.05) is 6.07 Å². The van der Waals surface area contributed by atoms with E-state index < -0.39 is 23.6 Å². The van der Waals surface area contributed by atoms with Gasteiger partial charge in [0, 0.05) is 31.7 Å². The van der Waals surface area contributed by atoms with Gasteiger partial charge in [-0.15, -0.1) is 0 Å². The summed E-state index contributed by atoms with van der Waals surface area (Å²) in [6.07, 6.45) is 0. The van der Waals surface area contributed by atoms with Crippen LogP contribution >= 0.6 is 0 Å². The third kappa shape index (κ3) is 2.65. The maximum Gasteiger partial charge on any atom is 0.322 e. The van der Waals surface area contributed by atoms with Crippen molar-refractivity contribution in [3.63, 3.8) is 0 Å². The fourth-order valence-corrected chi connectivity index (χ4v) is 2.07. The molecule has 0 aliphatic carbocycles. The SMILES string of the molecule is O=C(O)C1CNCCN1Cc1c(F)cccc1F. The van der Waals surface area contributed by atoms with E-state index in [2.05, 4.69) is 5.32 Å². The predicted molar refractivity (Wildman–Crippen MR) is 61.1 cm³/mol. The molecule has 18 heavy (non-hydrogen) atoms. The second kappa shape index (κ2) is 5.41. The number of carboxylic acid groups (broad SMARTS) is 1. The molecule has 0 aromatic heterocycles. The number of nitrogens with one attached hydrogen (secondary N) is 1. The van der Waals surface area contributed by atoms with Crippen LogP contribution in [0.3, 0.4) is 0 Å². The Morgan fingerprint density at radius 1 is 1.44 bits per heavy atom. The van der Waals surface area contributed by atoms with Gasteiger partial charge in [0.1, 0.15) is 17.7 Å². The van der Waals surface area contributed by atoms with Gasteiger partial charge < -0.3 is 10.4 Å². The molecule has 1 aliphatic rings. The Hall–Kier alpha value is -1.53. The largest absolute Gasteiger partial charge is 0.480 e. The number of nitrogens with zero attached hydrogens (tertiary/aromatic N) is 1. The van der Waals surface area contributed by atoms with Gasteiger partial charge in [0.05, 0.1) is 0 Å². The first-order valence-corrected chi connectivity index (χ1v) is 5.70. The minimum Gasteiger partial charge on any atom is -0.480 e. The van der Waals surface area contributed by atoms with Gasteiger partial charge in [0.25, 0.3) is 0 Å². The lowest BCUT2D eigenvalue weighted by molar-refractivity contribution is -0.144. The maximum atomic E-state index is 13.5. The maximum absolute atomic E-state index is 13.5. The van der Waals surface area contributed by atoms with Crippen molar-refractivity contribution in [1.29, 1.82) is 0 Å². The molecule has 1 aliphatic heterocycles. The smallest absolute Gasteiger partial charge is 0.322 e. The van der Waals surface area contributed by atoms with Crippen molar-refractivity contribution in [3.8, 4) is 0 Å². The molecule has 0 saturated carbocycles. The van der Waals surface area contributed by atoms with Crippen LogP contribution in [0.1, 0.15) is 5.56 Å². The van der Waals surface area contributed by atoms with Crippen LogP contribution in [0.25, 0.3) is 0 Å². The third-order valence-electron chi connectivity index (χ3n) is 3.06. The number of carboxylic acids is 1. The molecule has 2 rings (SSSR count).